The fourth-order valence-electron chi connectivity index (χ4n) is 1.71. The molecule has 110 valence electrons. The summed E-state index contributed by atoms with van der Waals surface area (Å²) in [7, 11) is 0. The average molecular weight is 279 g/mol. The van der Waals surface area contributed by atoms with Crippen LogP contribution >= 0.6 is 0 Å². The minimum Gasteiger partial charge on any atom is -0.448 e. The first-order valence-electron chi connectivity index (χ1n) is 6.59. The number of nitrogens with one attached hydrogen (secondary N) is 2. The Morgan fingerprint density at radius 2 is 2.05 bits per heavy atom. The molecule has 0 bridgehead atoms. The van der Waals surface area contributed by atoms with Gasteiger partial charge in [0.15, 0.2) is 0 Å². The summed E-state index contributed by atoms with van der Waals surface area (Å²) in [4.78, 5) is 22.3. The largest absolute Gasteiger partial charge is 0.448 e. The number of amides is 2. The van der Waals surface area contributed by atoms with E-state index in [9.17, 15) is 9.59 Å². The third-order valence-electron chi connectivity index (χ3n) is 2.68. The molecule has 6 heteroatoms. The highest BCUT2D eigenvalue weighted by Crippen LogP contribution is 2.15. The highest BCUT2D eigenvalue weighted by Gasteiger charge is 2.09. The van der Waals surface area contributed by atoms with E-state index in [1.165, 1.54) is 0 Å². The van der Waals surface area contributed by atoms with Crippen molar-refractivity contribution in [2.24, 2.45) is 5.73 Å². The number of primary amides is 1. The second-order valence-corrected chi connectivity index (χ2v) is 4.38. The molecule has 4 N–H and O–H groups in total. The number of nitrogens with two attached hydrogens (primary N) is 1. The number of benzene rings is 1. The Labute approximate surface area is 118 Å². The first kappa shape index (κ1) is 15.8. The molecule has 0 heterocycles. The Balaban J connectivity index is 2.53. The molecule has 0 atom stereocenters. The van der Waals surface area contributed by atoms with E-state index >= 15 is 0 Å². The molecule has 0 aliphatic heterocycles. The molecule has 0 aliphatic carbocycles. The molecule has 0 fully saturated rings. The molecule has 0 aliphatic rings. The van der Waals surface area contributed by atoms with E-state index in [0.717, 1.165) is 24.2 Å². The summed E-state index contributed by atoms with van der Waals surface area (Å²) in [6, 6.07) is 5.58. The highest BCUT2D eigenvalue weighted by atomic mass is 16.5. The van der Waals surface area contributed by atoms with Crippen LogP contribution in [0.3, 0.4) is 0 Å². The first-order chi connectivity index (χ1) is 9.54. The van der Waals surface area contributed by atoms with Gasteiger partial charge in [0, 0.05) is 17.8 Å². The van der Waals surface area contributed by atoms with Gasteiger partial charge in [-0.1, -0.05) is 6.92 Å². The van der Waals surface area contributed by atoms with Crippen LogP contribution in [0.4, 0.5) is 10.5 Å². The summed E-state index contributed by atoms with van der Waals surface area (Å²) >= 11 is 0. The number of carbonyl (C=O) groups excluding carboxylic acids is 2. The SMILES string of the molecule is CCCNc1ccc(C(=O)NCCOC(N)=O)c(C)c1. The molecule has 0 saturated carbocycles. The van der Waals surface area contributed by atoms with E-state index in [1.54, 1.807) is 6.07 Å². The molecule has 2 amide bonds. The summed E-state index contributed by atoms with van der Waals surface area (Å²) in [5, 5.41) is 5.93. The standard InChI is InChI=1S/C14H21N3O3/c1-3-6-16-11-4-5-12(10(2)9-11)13(18)17-7-8-20-14(15)19/h4-5,9,16H,3,6-8H2,1-2H3,(H2,15,19)(H,17,18). The molecule has 20 heavy (non-hydrogen) atoms. The van der Waals surface area contributed by atoms with Crippen molar-refractivity contribution in [1.82, 2.24) is 5.32 Å². The van der Waals surface area contributed by atoms with E-state index in [4.69, 9.17) is 5.73 Å². The molecule has 1 rings (SSSR count). The van der Waals surface area contributed by atoms with Crippen LogP contribution in [0.15, 0.2) is 18.2 Å². The van der Waals surface area contributed by atoms with Gasteiger partial charge >= 0.3 is 6.09 Å². The molecule has 0 spiro atoms. The van der Waals surface area contributed by atoms with Gasteiger partial charge in [0.25, 0.3) is 5.91 Å². The van der Waals surface area contributed by atoms with Crippen LogP contribution in [0.25, 0.3) is 0 Å². The average Bonchev–Trinajstić information content (AvgIpc) is 2.41. The molecule has 0 radical (unpaired) electrons. The number of hydrogen-bond donors (Lipinski definition) is 3. The molecule has 6 nitrogen and oxygen atoms in total. The van der Waals surface area contributed by atoms with Crippen LogP contribution in [-0.4, -0.2) is 31.7 Å². The van der Waals surface area contributed by atoms with Crippen molar-refractivity contribution in [1.29, 1.82) is 0 Å². The minimum absolute atomic E-state index is 0.0657. The smallest absolute Gasteiger partial charge is 0.404 e. The van der Waals surface area contributed by atoms with E-state index in [-0.39, 0.29) is 19.1 Å². The minimum atomic E-state index is -0.846. The molecule has 0 saturated heterocycles. The molecule has 1 aromatic rings. The lowest BCUT2D eigenvalue weighted by Crippen LogP contribution is -2.29. The third kappa shape index (κ3) is 5.17. The number of carbonyl (C=O) groups is 2. The van der Waals surface area contributed by atoms with Crippen LogP contribution in [-0.2, 0) is 4.74 Å². The van der Waals surface area contributed by atoms with Gasteiger partial charge in [-0.15, -0.1) is 0 Å². The maximum atomic E-state index is 11.9. The van der Waals surface area contributed by atoms with E-state index in [0.29, 0.717) is 5.56 Å². The predicted octanol–water partition coefficient (Wildman–Crippen LogP) is 1.64. The Hall–Kier alpha value is -2.24. The lowest BCUT2D eigenvalue weighted by Gasteiger charge is -2.10. The molecular formula is C14H21N3O3. The zero-order valence-corrected chi connectivity index (χ0v) is 11.9. The Morgan fingerprint density at radius 3 is 2.65 bits per heavy atom. The number of anilines is 1. The topological polar surface area (TPSA) is 93.4 Å². The summed E-state index contributed by atoms with van der Waals surface area (Å²) < 4.78 is 4.54. The summed E-state index contributed by atoms with van der Waals surface area (Å²) in [6.45, 7) is 5.17. The van der Waals surface area contributed by atoms with Gasteiger partial charge in [-0.05, 0) is 37.1 Å². The predicted molar refractivity (Wildman–Crippen MR) is 77.8 cm³/mol. The quantitative estimate of drug-likeness (QED) is 0.661. The molecule has 0 aromatic heterocycles. The maximum absolute atomic E-state index is 11.9. The Kier molecular flexibility index (Phi) is 6.36. The highest BCUT2D eigenvalue weighted by molar-refractivity contribution is 5.96. The molecule has 0 unspecified atom stereocenters. The van der Waals surface area contributed by atoms with Crippen molar-refractivity contribution in [2.45, 2.75) is 20.3 Å². The first-order valence-corrected chi connectivity index (χ1v) is 6.59. The fraction of sp³-hybridized carbons (Fsp3) is 0.429. The van der Waals surface area contributed by atoms with E-state index in [1.807, 2.05) is 19.1 Å². The van der Waals surface area contributed by atoms with Gasteiger partial charge in [-0.25, -0.2) is 4.79 Å². The third-order valence-corrected chi connectivity index (χ3v) is 2.68. The van der Waals surface area contributed by atoms with Crippen molar-refractivity contribution in [3.8, 4) is 0 Å². The van der Waals surface area contributed by atoms with Gasteiger partial charge in [-0.2, -0.15) is 0 Å². The van der Waals surface area contributed by atoms with Crippen molar-refractivity contribution < 1.29 is 14.3 Å². The number of ether oxygens (including phenoxy) is 1. The van der Waals surface area contributed by atoms with E-state index in [2.05, 4.69) is 22.3 Å². The van der Waals surface area contributed by atoms with Gasteiger partial charge in [0.1, 0.15) is 6.61 Å². The Morgan fingerprint density at radius 1 is 1.30 bits per heavy atom. The van der Waals surface area contributed by atoms with Crippen LogP contribution in [0.2, 0.25) is 0 Å². The number of rotatable bonds is 7. The second kappa shape index (κ2) is 8.04. The van der Waals surface area contributed by atoms with Crippen molar-refractivity contribution >= 4 is 17.7 Å². The van der Waals surface area contributed by atoms with Gasteiger partial charge in [0.05, 0.1) is 6.54 Å². The molecular weight excluding hydrogens is 258 g/mol. The zero-order chi connectivity index (χ0) is 15.0. The summed E-state index contributed by atoms with van der Waals surface area (Å²) in [5.41, 5.74) is 7.31. The van der Waals surface area contributed by atoms with E-state index < -0.39 is 6.09 Å². The lowest BCUT2D eigenvalue weighted by atomic mass is 10.1. The fourth-order valence-corrected chi connectivity index (χ4v) is 1.71. The zero-order valence-electron chi connectivity index (χ0n) is 11.9. The summed E-state index contributed by atoms with van der Waals surface area (Å²) in [6.07, 6.45) is 0.197. The van der Waals surface area contributed by atoms with Crippen LogP contribution in [0, 0.1) is 6.92 Å². The van der Waals surface area contributed by atoms with Gasteiger partial charge in [-0.3, -0.25) is 4.79 Å². The van der Waals surface area contributed by atoms with Gasteiger partial charge in [0.2, 0.25) is 0 Å². The second-order valence-electron chi connectivity index (χ2n) is 4.38. The Bertz CT molecular complexity index is 475. The van der Waals surface area contributed by atoms with Gasteiger partial charge < -0.3 is 21.1 Å². The molecule has 1 aromatic carbocycles. The lowest BCUT2D eigenvalue weighted by molar-refractivity contribution is 0.0936. The van der Waals surface area contributed by atoms with Crippen molar-refractivity contribution in [2.75, 3.05) is 25.0 Å². The number of aryl methyl sites for hydroxylation is 1. The maximum Gasteiger partial charge on any atom is 0.404 e. The van der Waals surface area contributed by atoms with Crippen LogP contribution in [0.1, 0.15) is 29.3 Å². The van der Waals surface area contributed by atoms with Crippen molar-refractivity contribution in [3.05, 3.63) is 29.3 Å². The monoisotopic (exact) mass is 279 g/mol. The van der Waals surface area contributed by atoms with Crippen LogP contribution < -0.4 is 16.4 Å². The summed E-state index contributed by atoms with van der Waals surface area (Å²) in [5.74, 6) is -0.197. The normalized spacial score (nSPS) is 9.90. The van der Waals surface area contributed by atoms with Crippen LogP contribution in [0.5, 0.6) is 0 Å². The van der Waals surface area contributed by atoms with Crippen molar-refractivity contribution in [3.63, 3.8) is 0 Å². The number of hydrogen-bond acceptors (Lipinski definition) is 4.